The van der Waals surface area contributed by atoms with Crippen LogP contribution in [0.1, 0.15) is 38.5 Å². The third kappa shape index (κ3) is 4.46. The second-order valence-corrected chi connectivity index (χ2v) is 4.89. The first kappa shape index (κ1) is 15.2. The minimum absolute atomic E-state index is 0. The van der Waals surface area contributed by atoms with Gasteiger partial charge in [0.05, 0.1) is 0 Å². The molecule has 104 valence electrons. The highest BCUT2D eigenvalue weighted by Crippen LogP contribution is 2.11. The standard InChI is InChI=1S/C12H21N3O2.ClH/c16-11(6-5-9-3-1-7-13-9)15-10-4-2-8-14-12(10)17;/h9-10,13H,1-8H2,(H,14,17)(H,15,16);1H. The molecule has 0 radical (unpaired) electrons. The van der Waals surface area contributed by atoms with Crippen molar-refractivity contribution in [3.05, 3.63) is 0 Å². The van der Waals surface area contributed by atoms with Crippen LogP contribution < -0.4 is 16.0 Å². The number of amides is 2. The second kappa shape index (κ2) is 7.59. The average molecular weight is 276 g/mol. The Balaban J connectivity index is 0.00000162. The van der Waals surface area contributed by atoms with Gasteiger partial charge in [-0.3, -0.25) is 9.59 Å². The van der Waals surface area contributed by atoms with E-state index in [4.69, 9.17) is 0 Å². The van der Waals surface area contributed by atoms with E-state index < -0.39 is 0 Å². The Morgan fingerprint density at radius 2 is 2.06 bits per heavy atom. The maximum Gasteiger partial charge on any atom is 0.242 e. The van der Waals surface area contributed by atoms with Crippen molar-refractivity contribution in [1.29, 1.82) is 0 Å². The first-order valence-corrected chi connectivity index (χ1v) is 6.56. The zero-order chi connectivity index (χ0) is 12.1. The molecule has 0 spiro atoms. The van der Waals surface area contributed by atoms with E-state index >= 15 is 0 Å². The number of hydrogen-bond acceptors (Lipinski definition) is 3. The molecule has 0 saturated carbocycles. The quantitative estimate of drug-likeness (QED) is 0.693. The molecule has 2 fully saturated rings. The number of rotatable bonds is 4. The van der Waals surface area contributed by atoms with Gasteiger partial charge in [0.15, 0.2) is 0 Å². The fourth-order valence-electron chi connectivity index (χ4n) is 2.48. The van der Waals surface area contributed by atoms with Gasteiger partial charge in [0.2, 0.25) is 11.8 Å². The van der Waals surface area contributed by atoms with E-state index in [9.17, 15) is 9.59 Å². The van der Waals surface area contributed by atoms with Gasteiger partial charge in [-0.2, -0.15) is 0 Å². The normalized spacial score (nSPS) is 27.2. The molecule has 2 saturated heterocycles. The molecule has 2 rings (SSSR count). The van der Waals surface area contributed by atoms with Crippen LogP contribution in [-0.4, -0.2) is 37.0 Å². The second-order valence-electron chi connectivity index (χ2n) is 4.89. The number of halogens is 1. The van der Waals surface area contributed by atoms with Crippen molar-refractivity contribution in [2.45, 2.75) is 50.6 Å². The van der Waals surface area contributed by atoms with Crippen LogP contribution in [0.2, 0.25) is 0 Å². The zero-order valence-electron chi connectivity index (χ0n) is 10.5. The summed E-state index contributed by atoms with van der Waals surface area (Å²) >= 11 is 0. The fourth-order valence-corrected chi connectivity index (χ4v) is 2.48. The molecule has 0 aromatic carbocycles. The van der Waals surface area contributed by atoms with E-state index in [-0.39, 0.29) is 30.3 Å². The summed E-state index contributed by atoms with van der Waals surface area (Å²) in [5.41, 5.74) is 0. The molecule has 2 amide bonds. The third-order valence-electron chi connectivity index (χ3n) is 3.50. The summed E-state index contributed by atoms with van der Waals surface area (Å²) in [7, 11) is 0. The zero-order valence-corrected chi connectivity index (χ0v) is 11.4. The molecule has 6 heteroatoms. The highest BCUT2D eigenvalue weighted by molar-refractivity contribution is 5.88. The Bertz CT molecular complexity index is 293. The van der Waals surface area contributed by atoms with Crippen molar-refractivity contribution in [2.75, 3.05) is 13.1 Å². The summed E-state index contributed by atoms with van der Waals surface area (Å²) in [6.45, 7) is 1.80. The van der Waals surface area contributed by atoms with Gasteiger partial charge in [-0.1, -0.05) is 0 Å². The van der Waals surface area contributed by atoms with Crippen LogP contribution in [0.3, 0.4) is 0 Å². The van der Waals surface area contributed by atoms with Gasteiger partial charge in [0, 0.05) is 19.0 Å². The van der Waals surface area contributed by atoms with Gasteiger partial charge >= 0.3 is 0 Å². The van der Waals surface area contributed by atoms with Crippen molar-refractivity contribution >= 4 is 24.2 Å². The topological polar surface area (TPSA) is 70.2 Å². The lowest BCUT2D eigenvalue weighted by atomic mass is 10.1. The van der Waals surface area contributed by atoms with Crippen LogP contribution in [-0.2, 0) is 9.59 Å². The Morgan fingerprint density at radius 1 is 1.28 bits per heavy atom. The average Bonchev–Trinajstić information content (AvgIpc) is 2.82. The number of carbonyl (C=O) groups is 2. The Kier molecular flexibility index (Phi) is 6.43. The molecular formula is C12H22ClN3O2. The van der Waals surface area contributed by atoms with Gasteiger partial charge < -0.3 is 16.0 Å². The lowest BCUT2D eigenvalue weighted by Gasteiger charge is -2.23. The van der Waals surface area contributed by atoms with Crippen LogP contribution >= 0.6 is 12.4 Å². The molecule has 0 aromatic heterocycles. The summed E-state index contributed by atoms with van der Waals surface area (Å²) < 4.78 is 0. The first-order chi connectivity index (χ1) is 8.25. The van der Waals surface area contributed by atoms with E-state index in [0.717, 1.165) is 38.8 Å². The van der Waals surface area contributed by atoms with E-state index in [0.29, 0.717) is 12.5 Å². The number of hydrogen-bond donors (Lipinski definition) is 3. The van der Waals surface area contributed by atoms with Crippen molar-refractivity contribution < 1.29 is 9.59 Å². The Morgan fingerprint density at radius 3 is 2.72 bits per heavy atom. The fraction of sp³-hybridized carbons (Fsp3) is 0.833. The molecule has 0 aliphatic carbocycles. The van der Waals surface area contributed by atoms with Gasteiger partial charge in [0.25, 0.3) is 0 Å². The Labute approximate surface area is 114 Å². The largest absolute Gasteiger partial charge is 0.354 e. The summed E-state index contributed by atoms with van der Waals surface area (Å²) in [4.78, 5) is 23.1. The highest BCUT2D eigenvalue weighted by Gasteiger charge is 2.24. The molecule has 5 nitrogen and oxygen atoms in total. The SMILES string of the molecule is Cl.O=C(CCC1CCCN1)NC1CCCNC1=O. The van der Waals surface area contributed by atoms with Crippen LogP contribution in [0.25, 0.3) is 0 Å². The van der Waals surface area contributed by atoms with Crippen molar-refractivity contribution in [3.63, 3.8) is 0 Å². The smallest absolute Gasteiger partial charge is 0.242 e. The minimum atomic E-state index is -0.312. The maximum atomic E-state index is 11.7. The lowest BCUT2D eigenvalue weighted by molar-refractivity contribution is -0.130. The predicted octanol–water partition coefficient (Wildman–Crippen LogP) is 0.335. The molecule has 2 heterocycles. The van der Waals surface area contributed by atoms with Crippen molar-refractivity contribution in [1.82, 2.24) is 16.0 Å². The van der Waals surface area contributed by atoms with E-state index in [1.54, 1.807) is 0 Å². The Hall–Kier alpha value is -0.810. The maximum absolute atomic E-state index is 11.7. The molecule has 18 heavy (non-hydrogen) atoms. The number of piperidine rings is 1. The van der Waals surface area contributed by atoms with Crippen LogP contribution in [0, 0.1) is 0 Å². The predicted molar refractivity (Wildman–Crippen MR) is 71.7 cm³/mol. The van der Waals surface area contributed by atoms with Gasteiger partial charge in [-0.25, -0.2) is 0 Å². The summed E-state index contributed by atoms with van der Waals surface area (Å²) in [5, 5.41) is 8.95. The van der Waals surface area contributed by atoms with Crippen molar-refractivity contribution in [3.8, 4) is 0 Å². The monoisotopic (exact) mass is 275 g/mol. The number of nitrogens with one attached hydrogen (secondary N) is 3. The summed E-state index contributed by atoms with van der Waals surface area (Å²) in [5.74, 6) is -0.0376. The molecule has 3 N–H and O–H groups in total. The van der Waals surface area contributed by atoms with E-state index in [1.165, 1.54) is 6.42 Å². The van der Waals surface area contributed by atoms with Crippen LogP contribution in [0.4, 0.5) is 0 Å². The number of carbonyl (C=O) groups excluding carboxylic acids is 2. The van der Waals surface area contributed by atoms with Gasteiger partial charge in [0.1, 0.15) is 6.04 Å². The molecule has 0 bridgehead atoms. The van der Waals surface area contributed by atoms with Gasteiger partial charge in [-0.05, 0) is 38.6 Å². The van der Waals surface area contributed by atoms with Crippen LogP contribution in [0.5, 0.6) is 0 Å². The first-order valence-electron chi connectivity index (χ1n) is 6.56. The van der Waals surface area contributed by atoms with Crippen molar-refractivity contribution in [2.24, 2.45) is 0 Å². The third-order valence-corrected chi connectivity index (χ3v) is 3.50. The van der Waals surface area contributed by atoms with Crippen LogP contribution in [0.15, 0.2) is 0 Å². The summed E-state index contributed by atoms with van der Waals surface area (Å²) in [6, 6.07) is 0.175. The highest BCUT2D eigenvalue weighted by atomic mass is 35.5. The van der Waals surface area contributed by atoms with E-state index in [2.05, 4.69) is 16.0 Å². The molecule has 2 atom stereocenters. The lowest BCUT2D eigenvalue weighted by Crippen LogP contribution is -2.50. The molecule has 2 unspecified atom stereocenters. The molecule has 0 aromatic rings. The molecular weight excluding hydrogens is 254 g/mol. The summed E-state index contributed by atoms with van der Waals surface area (Å²) in [6.07, 6.45) is 5.47. The molecule has 2 aliphatic rings. The van der Waals surface area contributed by atoms with Gasteiger partial charge in [-0.15, -0.1) is 12.4 Å². The van der Waals surface area contributed by atoms with E-state index in [1.807, 2.05) is 0 Å². The molecule has 2 aliphatic heterocycles. The minimum Gasteiger partial charge on any atom is -0.354 e.